The SMILES string of the molecule is CCNC(=NCC(C)c1ccccc1)NCCOCCOC. The van der Waals surface area contributed by atoms with Gasteiger partial charge in [0.25, 0.3) is 0 Å². The number of methoxy groups -OCH3 is 1. The minimum absolute atomic E-state index is 0.398. The second kappa shape index (κ2) is 12.0. The Bertz CT molecular complexity index is 410. The quantitative estimate of drug-likeness (QED) is 0.394. The molecule has 0 aliphatic heterocycles. The fraction of sp³-hybridized carbons (Fsp3) is 0.588. The van der Waals surface area contributed by atoms with Crippen molar-refractivity contribution < 1.29 is 9.47 Å². The van der Waals surface area contributed by atoms with Crippen molar-refractivity contribution in [3.8, 4) is 0 Å². The summed E-state index contributed by atoms with van der Waals surface area (Å²) in [7, 11) is 1.67. The standard InChI is InChI=1S/C17H29N3O2/c1-4-18-17(19-10-11-22-13-12-21-3)20-14-15(2)16-8-6-5-7-9-16/h5-9,15H,4,10-14H2,1-3H3,(H2,18,19,20). The van der Waals surface area contributed by atoms with E-state index in [-0.39, 0.29) is 0 Å². The van der Waals surface area contributed by atoms with Crippen LogP contribution in [0.1, 0.15) is 25.3 Å². The second-order valence-corrected chi connectivity index (χ2v) is 5.06. The van der Waals surface area contributed by atoms with Gasteiger partial charge in [0.05, 0.1) is 19.8 Å². The van der Waals surface area contributed by atoms with Crippen LogP contribution in [0.4, 0.5) is 0 Å². The van der Waals surface area contributed by atoms with Crippen LogP contribution in [0.5, 0.6) is 0 Å². The molecule has 124 valence electrons. The number of guanidine groups is 1. The third-order valence-corrected chi connectivity index (χ3v) is 3.21. The van der Waals surface area contributed by atoms with Gasteiger partial charge in [-0.2, -0.15) is 0 Å². The van der Waals surface area contributed by atoms with E-state index in [2.05, 4.69) is 53.7 Å². The maximum atomic E-state index is 5.43. The van der Waals surface area contributed by atoms with E-state index < -0.39 is 0 Å². The molecule has 0 aromatic heterocycles. The number of rotatable bonds is 10. The molecular formula is C17H29N3O2. The Hall–Kier alpha value is -1.59. The molecule has 5 nitrogen and oxygen atoms in total. The molecule has 0 fully saturated rings. The van der Waals surface area contributed by atoms with Crippen molar-refractivity contribution in [1.29, 1.82) is 0 Å². The summed E-state index contributed by atoms with van der Waals surface area (Å²) < 4.78 is 10.4. The van der Waals surface area contributed by atoms with Crippen molar-refractivity contribution in [1.82, 2.24) is 10.6 Å². The average molecular weight is 307 g/mol. The van der Waals surface area contributed by atoms with Gasteiger partial charge in [-0.05, 0) is 12.5 Å². The van der Waals surface area contributed by atoms with Crippen LogP contribution in [0.3, 0.4) is 0 Å². The molecule has 22 heavy (non-hydrogen) atoms. The van der Waals surface area contributed by atoms with Gasteiger partial charge in [0.1, 0.15) is 0 Å². The van der Waals surface area contributed by atoms with Crippen LogP contribution in [0, 0.1) is 0 Å². The van der Waals surface area contributed by atoms with E-state index in [9.17, 15) is 0 Å². The molecule has 0 bridgehead atoms. The molecule has 2 N–H and O–H groups in total. The van der Waals surface area contributed by atoms with E-state index in [1.54, 1.807) is 7.11 Å². The largest absolute Gasteiger partial charge is 0.382 e. The zero-order valence-electron chi connectivity index (χ0n) is 14.0. The average Bonchev–Trinajstić information content (AvgIpc) is 2.56. The Labute approximate surface area is 134 Å². The zero-order chi connectivity index (χ0) is 16.0. The Morgan fingerprint density at radius 1 is 1.14 bits per heavy atom. The lowest BCUT2D eigenvalue weighted by atomic mass is 10.0. The Balaban J connectivity index is 2.35. The van der Waals surface area contributed by atoms with E-state index in [0.29, 0.717) is 25.7 Å². The highest BCUT2D eigenvalue weighted by atomic mass is 16.5. The van der Waals surface area contributed by atoms with Crippen LogP contribution in [-0.4, -0.2) is 52.5 Å². The highest BCUT2D eigenvalue weighted by molar-refractivity contribution is 5.79. The van der Waals surface area contributed by atoms with Gasteiger partial charge in [0.2, 0.25) is 0 Å². The molecule has 1 atom stereocenters. The van der Waals surface area contributed by atoms with Gasteiger partial charge in [0, 0.05) is 32.7 Å². The maximum Gasteiger partial charge on any atom is 0.191 e. The lowest BCUT2D eigenvalue weighted by Crippen LogP contribution is -2.39. The summed E-state index contributed by atoms with van der Waals surface area (Å²) in [5, 5.41) is 6.53. The van der Waals surface area contributed by atoms with Crippen molar-refractivity contribution in [2.24, 2.45) is 4.99 Å². The highest BCUT2D eigenvalue weighted by Crippen LogP contribution is 2.14. The number of benzene rings is 1. The summed E-state index contributed by atoms with van der Waals surface area (Å²) in [5.41, 5.74) is 1.31. The van der Waals surface area contributed by atoms with E-state index in [1.807, 2.05) is 6.07 Å². The van der Waals surface area contributed by atoms with Crippen LogP contribution in [-0.2, 0) is 9.47 Å². The predicted molar refractivity (Wildman–Crippen MR) is 91.5 cm³/mol. The monoisotopic (exact) mass is 307 g/mol. The van der Waals surface area contributed by atoms with E-state index >= 15 is 0 Å². The van der Waals surface area contributed by atoms with Crippen LogP contribution in [0.15, 0.2) is 35.3 Å². The number of hydrogen-bond donors (Lipinski definition) is 2. The first-order chi connectivity index (χ1) is 10.8. The summed E-state index contributed by atoms with van der Waals surface area (Å²) in [6.45, 7) is 8.47. The number of nitrogens with one attached hydrogen (secondary N) is 2. The first-order valence-electron chi connectivity index (χ1n) is 7.91. The molecule has 1 aromatic rings. The van der Waals surface area contributed by atoms with E-state index in [1.165, 1.54) is 5.56 Å². The van der Waals surface area contributed by atoms with Crippen molar-refractivity contribution >= 4 is 5.96 Å². The van der Waals surface area contributed by atoms with Gasteiger partial charge < -0.3 is 20.1 Å². The van der Waals surface area contributed by atoms with Gasteiger partial charge in [-0.1, -0.05) is 37.3 Å². The van der Waals surface area contributed by atoms with E-state index in [0.717, 1.165) is 25.6 Å². The molecule has 0 aliphatic rings. The Kier molecular flexibility index (Phi) is 10.1. The maximum absolute atomic E-state index is 5.43. The lowest BCUT2D eigenvalue weighted by Gasteiger charge is -2.14. The van der Waals surface area contributed by atoms with Crippen molar-refractivity contribution in [3.05, 3.63) is 35.9 Å². The first kappa shape index (κ1) is 18.5. The fourth-order valence-electron chi connectivity index (χ4n) is 1.94. The number of nitrogens with zero attached hydrogens (tertiary/aromatic N) is 1. The van der Waals surface area contributed by atoms with Gasteiger partial charge in [-0.3, -0.25) is 4.99 Å². The third kappa shape index (κ3) is 8.00. The first-order valence-corrected chi connectivity index (χ1v) is 7.91. The van der Waals surface area contributed by atoms with Crippen LogP contribution in [0.2, 0.25) is 0 Å². The minimum atomic E-state index is 0.398. The molecule has 0 saturated carbocycles. The van der Waals surface area contributed by atoms with Crippen molar-refractivity contribution in [3.63, 3.8) is 0 Å². The molecule has 5 heteroatoms. The molecule has 1 unspecified atom stereocenters. The normalized spacial score (nSPS) is 13.0. The molecule has 0 amide bonds. The van der Waals surface area contributed by atoms with Crippen molar-refractivity contribution in [2.75, 3.05) is 46.6 Å². The third-order valence-electron chi connectivity index (χ3n) is 3.21. The summed E-state index contributed by atoms with van der Waals surface area (Å²) in [5.74, 6) is 1.23. The molecule has 0 spiro atoms. The van der Waals surface area contributed by atoms with Gasteiger partial charge >= 0.3 is 0 Å². The Morgan fingerprint density at radius 2 is 1.91 bits per heavy atom. The smallest absolute Gasteiger partial charge is 0.191 e. The molecule has 1 aromatic carbocycles. The van der Waals surface area contributed by atoms with E-state index in [4.69, 9.17) is 9.47 Å². The summed E-state index contributed by atoms with van der Waals surface area (Å²) in [6.07, 6.45) is 0. The molecule has 1 rings (SSSR count). The van der Waals surface area contributed by atoms with Gasteiger partial charge in [0.15, 0.2) is 5.96 Å². The number of aliphatic imine (C=N–C) groups is 1. The van der Waals surface area contributed by atoms with Crippen LogP contribution < -0.4 is 10.6 Å². The van der Waals surface area contributed by atoms with Gasteiger partial charge in [-0.15, -0.1) is 0 Å². The predicted octanol–water partition coefficient (Wildman–Crippen LogP) is 2.01. The van der Waals surface area contributed by atoms with Crippen LogP contribution in [0.25, 0.3) is 0 Å². The summed E-state index contributed by atoms with van der Waals surface area (Å²) >= 11 is 0. The second-order valence-electron chi connectivity index (χ2n) is 5.06. The lowest BCUT2D eigenvalue weighted by molar-refractivity contribution is 0.0733. The molecule has 0 aliphatic carbocycles. The van der Waals surface area contributed by atoms with Gasteiger partial charge in [-0.25, -0.2) is 0 Å². The molecule has 0 saturated heterocycles. The topological polar surface area (TPSA) is 54.9 Å². The molecule has 0 heterocycles. The summed E-state index contributed by atoms with van der Waals surface area (Å²) in [6, 6.07) is 10.5. The Morgan fingerprint density at radius 3 is 2.59 bits per heavy atom. The molecular weight excluding hydrogens is 278 g/mol. The summed E-state index contributed by atoms with van der Waals surface area (Å²) in [4.78, 5) is 4.64. The molecule has 0 radical (unpaired) electrons. The minimum Gasteiger partial charge on any atom is -0.382 e. The number of hydrogen-bond acceptors (Lipinski definition) is 3. The van der Waals surface area contributed by atoms with Crippen molar-refractivity contribution in [2.45, 2.75) is 19.8 Å². The van der Waals surface area contributed by atoms with Crippen LogP contribution >= 0.6 is 0 Å². The highest BCUT2D eigenvalue weighted by Gasteiger charge is 2.04. The number of ether oxygens (including phenoxy) is 2. The fourth-order valence-corrected chi connectivity index (χ4v) is 1.94. The zero-order valence-corrected chi connectivity index (χ0v) is 14.0.